The lowest BCUT2D eigenvalue weighted by Gasteiger charge is -2.14. The molecule has 2 aromatic rings. The predicted molar refractivity (Wildman–Crippen MR) is 49.7 cm³/mol. The molecule has 2 aromatic heterocycles. The Morgan fingerprint density at radius 3 is 3.00 bits per heavy atom. The summed E-state index contributed by atoms with van der Waals surface area (Å²) in [6.07, 6.45) is 8.06. The molecule has 0 atom stereocenters. The predicted octanol–water partition coefficient (Wildman–Crippen LogP) is 1.37. The van der Waals surface area contributed by atoms with Gasteiger partial charge >= 0.3 is 0 Å². The number of anilines is 2. The summed E-state index contributed by atoms with van der Waals surface area (Å²) >= 11 is 0. The Hall–Kier alpha value is -1.84. The Bertz CT molecular complexity index is 354. The fourth-order valence-electron chi connectivity index (χ4n) is 1.06. The van der Waals surface area contributed by atoms with E-state index in [1.807, 2.05) is 24.1 Å². The Labute approximate surface area is 76.3 Å². The zero-order chi connectivity index (χ0) is 9.10. The molecule has 1 N–H and O–H groups in total. The molecule has 0 saturated carbocycles. The van der Waals surface area contributed by atoms with Gasteiger partial charge in [0.15, 0.2) is 0 Å². The standard InChI is InChI=1S/C9H9N4/c1-13(9-11-5-6-12-9)8-3-2-4-10-7-8/h2-6H,1H3,(H,11,12). The maximum atomic E-state index is 4.12. The van der Waals surface area contributed by atoms with Gasteiger partial charge < -0.3 is 9.88 Å². The third-order valence-electron chi connectivity index (χ3n) is 1.76. The van der Waals surface area contributed by atoms with Crippen molar-refractivity contribution in [1.29, 1.82) is 0 Å². The average molecular weight is 173 g/mol. The summed E-state index contributed by atoms with van der Waals surface area (Å²) in [5.41, 5.74) is 0.887. The maximum absolute atomic E-state index is 4.12. The van der Waals surface area contributed by atoms with E-state index in [-0.39, 0.29) is 0 Å². The van der Waals surface area contributed by atoms with Gasteiger partial charge in [0.2, 0.25) is 5.95 Å². The van der Waals surface area contributed by atoms with E-state index in [9.17, 15) is 0 Å². The van der Waals surface area contributed by atoms with Gasteiger partial charge in [-0.2, -0.15) is 0 Å². The van der Waals surface area contributed by atoms with Crippen LogP contribution in [0.4, 0.5) is 11.6 Å². The highest BCUT2D eigenvalue weighted by Crippen LogP contribution is 2.16. The number of hydrogen-bond acceptors (Lipinski definition) is 3. The number of pyridine rings is 1. The lowest BCUT2D eigenvalue weighted by molar-refractivity contribution is 1.08. The van der Waals surface area contributed by atoms with Crippen molar-refractivity contribution in [3.63, 3.8) is 0 Å². The second-order valence-corrected chi connectivity index (χ2v) is 2.61. The molecule has 0 amide bonds. The van der Waals surface area contributed by atoms with E-state index >= 15 is 0 Å². The molecule has 0 bridgehead atoms. The van der Waals surface area contributed by atoms with E-state index in [2.05, 4.69) is 21.1 Å². The van der Waals surface area contributed by atoms with Crippen LogP contribution < -0.4 is 4.90 Å². The number of nitrogens with one attached hydrogen (secondary N) is 1. The SMILES string of the molecule is CN(c1[c]nccc1)c1ncc[nH]1. The van der Waals surface area contributed by atoms with Crippen LogP contribution in [0.25, 0.3) is 0 Å². The molecule has 4 heteroatoms. The van der Waals surface area contributed by atoms with Gasteiger partial charge in [0.25, 0.3) is 0 Å². The first-order valence-electron chi connectivity index (χ1n) is 3.94. The van der Waals surface area contributed by atoms with Crippen molar-refractivity contribution in [3.05, 3.63) is 36.9 Å². The first-order chi connectivity index (χ1) is 6.38. The second kappa shape index (κ2) is 3.26. The van der Waals surface area contributed by atoms with E-state index in [0.29, 0.717) is 0 Å². The summed E-state index contributed by atoms with van der Waals surface area (Å²) < 4.78 is 0. The molecule has 0 aliphatic heterocycles. The maximum Gasteiger partial charge on any atom is 0.207 e. The van der Waals surface area contributed by atoms with Gasteiger partial charge in [0.05, 0.1) is 5.69 Å². The van der Waals surface area contributed by atoms with E-state index < -0.39 is 0 Å². The van der Waals surface area contributed by atoms with Crippen LogP contribution in [0.2, 0.25) is 0 Å². The Morgan fingerprint density at radius 1 is 1.46 bits per heavy atom. The quantitative estimate of drug-likeness (QED) is 0.746. The molecule has 2 heterocycles. The van der Waals surface area contributed by atoms with Crippen molar-refractivity contribution in [3.8, 4) is 0 Å². The number of aromatic amines is 1. The van der Waals surface area contributed by atoms with E-state index in [4.69, 9.17) is 0 Å². The second-order valence-electron chi connectivity index (χ2n) is 2.61. The molecule has 4 nitrogen and oxygen atoms in total. The molecule has 1 radical (unpaired) electrons. The molecule has 0 aliphatic rings. The van der Waals surface area contributed by atoms with Crippen LogP contribution in [-0.2, 0) is 0 Å². The molecule has 13 heavy (non-hydrogen) atoms. The lowest BCUT2D eigenvalue weighted by atomic mass is 10.4. The molecule has 0 aliphatic carbocycles. The van der Waals surface area contributed by atoms with Gasteiger partial charge in [-0.25, -0.2) is 4.98 Å². The smallest absolute Gasteiger partial charge is 0.207 e. The minimum absolute atomic E-state index is 0.782. The summed E-state index contributed by atoms with van der Waals surface area (Å²) in [4.78, 5) is 12.9. The van der Waals surface area contributed by atoms with Crippen LogP contribution in [0.1, 0.15) is 0 Å². The fraction of sp³-hybridized carbons (Fsp3) is 0.111. The number of aromatic nitrogens is 3. The van der Waals surface area contributed by atoms with Gasteiger partial charge in [-0.3, -0.25) is 4.98 Å². The molecule has 0 saturated heterocycles. The largest absolute Gasteiger partial charge is 0.331 e. The Balaban J connectivity index is 2.29. The minimum Gasteiger partial charge on any atom is -0.331 e. The van der Waals surface area contributed by atoms with Gasteiger partial charge in [-0.1, -0.05) is 0 Å². The van der Waals surface area contributed by atoms with Crippen LogP contribution in [0.5, 0.6) is 0 Å². The van der Waals surface area contributed by atoms with E-state index in [0.717, 1.165) is 11.6 Å². The highest BCUT2D eigenvalue weighted by atomic mass is 15.2. The summed E-state index contributed by atoms with van der Waals surface area (Å²) in [5, 5.41) is 0. The molecule has 0 aromatic carbocycles. The third-order valence-corrected chi connectivity index (χ3v) is 1.76. The molecular formula is C9H9N4. The molecular weight excluding hydrogens is 164 g/mol. The molecule has 0 unspecified atom stereocenters. The third kappa shape index (κ3) is 1.51. The van der Waals surface area contributed by atoms with Crippen LogP contribution in [0, 0.1) is 6.20 Å². The normalized spacial score (nSPS) is 9.92. The number of H-pyrrole nitrogens is 1. The van der Waals surface area contributed by atoms with Crippen LogP contribution in [0.15, 0.2) is 30.7 Å². The number of rotatable bonds is 2. The summed E-state index contributed by atoms with van der Waals surface area (Å²) in [5.74, 6) is 0.782. The summed E-state index contributed by atoms with van der Waals surface area (Å²) in [6, 6.07) is 3.79. The van der Waals surface area contributed by atoms with Gasteiger partial charge in [-0.15, -0.1) is 0 Å². The van der Waals surface area contributed by atoms with Crippen molar-refractivity contribution >= 4 is 11.6 Å². The fourth-order valence-corrected chi connectivity index (χ4v) is 1.06. The van der Waals surface area contributed by atoms with Crippen molar-refractivity contribution < 1.29 is 0 Å². The molecule has 2 rings (SSSR count). The average Bonchev–Trinajstić information content (AvgIpc) is 2.71. The number of imidazole rings is 1. The van der Waals surface area contributed by atoms with Crippen molar-refractivity contribution in [2.24, 2.45) is 0 Å². The molecule has 65 valence electrons. The first-order valence-corrected chi connectivity index (χ1v) is 3.94. The van der Waals surface area contributed by atoms with Crippen LogP contribution in [0.3, 0.4) is 0 Å². The van der Waals surface area contributed by atoms with Crippen LogP contribution in [-0.4, -0.2) is 22.0 Å². The number of hydrogen-bond donors (Lipinski definition) is 1. The lowest BCUT2D eigenvalue weighted by Crippen LogP contribution is -2.11. The van der Waals surface area contributed by atoms with Crippen LogP contribution >= 0.6 is 0 Å². The monoisotopic (exact) mass is 173 g/mol. The highest BCUT2D eigenvalue weighted by Gasteiger charge is 2.04. The van der Waals surface area contributed by atoms with Gasteiger partial charge in [-0.05, 0) is 12.1 Å². The number of nitrogens with zero attached hydrogens (tertiary/aromatic N) is 3. The van der Waals surface area contributed by atoms with Crippen molar-refractivity contribution in [2.75, 3.05) is 11.9 Å². The first kappa shape index (κ1) is 7.79. The highest BCUT2D eigenvalue weighted by molar-refractivity contribution is 5.53. The Kier molecular flexibility index (Phi) is 1.96. The Morgan fingerprint density at radius 2 is 2.38 bits per heavy atom. The van der Waals surface area contributed by atoms with Crippen molar-refractivity contribution in [1.82, 2.24) is 15.0 Å². The summed E-state index contributed by atoms with van der Waals surface area (Å²) in [7, 11) is 1.91. The molecule has 0 fully saturated rings. The zero-order valence-corrected chi connectivity index (χ0v) is 7.23. The van der Waals surface area contributed by atoms with E-state index in [1.54, 1.807) is 18.6 Å². The minimum atomic E-state index is 0.782. The van der Waals surface area contributed by atoms with Gasteiger partial charge in [0, 0.05) is 25.6 Å². The zero-order valence-electron chi connectivity index (χ0n) is 7.23. The molecule has 0 spiro atoms. The van der Waals surface area contributed by atoms with Crippen molar-refractivity contribution in [2.45, 2.75) is 0 Å². The topological polar surface area (TPSA) is 44.8 Å². The summed E-state index contributed by atoms with van der Waals surface area (Å²) in [6.45, 7) is 0. The van der Waals surface area contributed by atoms with Gasteiger partial charge in [0.1, 0.15) is 6.20 Å². The van der Waals surface area contributed by atoms with E-state index in [1.165, 1.54) is 0 Å².